The number of phenolic OH excluding ortho intramolecular Hbond substituents is 2. The molecular formula is C15H14O3. The predicted octanol–water partition coefficient (Wildman–Crippen LogP) is 3.28. The van der Waals surface area contributed by atoms with Gasteiger partial charge in [-0.3, -0.25) is 0 Å². The molecule has 0 aromatic heterocycles. The summed E-state index contributed by atoms with van der Waals surface area (Å²) >= 11 is 0. The van der Waals surface area contributed by atoms with E-state index in [-0.39, 0.29) is 11.5 Å². The number of hydrogen-bond donors (Lipinski definition) is 2. The zero-order valence-corrected chi connectivity index (χ0v) is 10.00. The first-order valence-corrected chi connectivity index (χ1v) is 5.53. The summed E-state index contributed by atoms with van der Waals surface area (Å²) in [6.07, 6.45) is 3.83. The second-order valence-corrected chi connectivity index (χ2v) is 3.86. The fraction of sp³-hybridized carbons (Fsp3) is 0.0667. The smallest absolute Gasteiger partial charge is 0.161 e. The average molecular weight is 242 g/mol. The van der Waals surface area contributed by atoms with Crippen LogP contribution in [-0.4, -0.2) is 17.3 Å². The number of ether oxygens (including phenoxy) is 1. The first-order valence-electron chi connectivity index (χ1n) is 5.53. The lowest BCUT2D eigenvalue weighted by Crippen LogP contribution is -1.84. The van der Waals surface area contributed by atoms with E-state index >= 15 is 0 Å². The van der Waals surface area contributed by atoms with Crippen molar-refractivity contribution < 1.29 is 14.9 Å². The second-order valence-electron chi connectivity index (χ2n) is 3.86. The van der Waals surface area contributed by atoms with Crippen LogP contribution >= 0.6 is 0 Å². The second kappa shape index (κ2) is 5.27. The molecule has 2 aromatic rings. The van der Waals surface area contributed by atoms with Crippen LogP contribution in [0.5, 0.6) is 17.2 Å². The fourth-order valence-electron chi connectivity index (χ4n) is 1.58. The molecule has 0 saturated carbocycles. The Balaban J connectivity index is 2.20. The van der Waals surface area contributed by atoms with Crippen LogP contribution in [0.25, 0.3) is 12.2 Å². The molecule has 18 heavy (non-hydrogen) atoms. The van der Waals surface area contributed by atoms with E-state index in [2.05, 4.69) is 0 Å². The van der Waals surface area contributed by atoms with E-state index < -0.39 is 0 Å². The minimum Gasteiger partial charge on any atom is -0.508 e. The van der Waals surface area contributed by atoms with Crippen molar-refractivity contribution in [2.24, 2.45) is 0 Å². The maximum Gasteiger partial charge on any atom is 0.161 e. The lowest BCUT2D eigenvalue weighted by atomic mass is 10.1. The summed E-state index contributed by atoms with van der Waals surface area (Å²) < 4.78 is 5.04. The standard InChI is InChI=1S/C15H14O3/c1-18-15-10-12(6-9-14(15)17)3-2-11-4-7-13(16)8-5-11/h2-10,16-17H,1H3/b3-2-. The molecule has 3 heteroatoms. The topological polar surface area (TPSA) is 49.7 Å². The van der Waals surface area contributed by atoms with Crippen molar-refractivity contribution in [3.8, 4) is 17.2 Å². The molecule has 2 rings (SSSR count). The summed E-state index contributed by atoms with van der Waals surface area (Å²) in [6.45, 7) is 0. The van der Waals surface area contributed by atoms with Gasteiger partial charge in [-0.15, -0.1) is 0 Å². The highest BCUT2D eigenvalue weighted by atomic mass is 16.5. The molecule has 0 aliphatic heterocycles. The highest BCUT2D eigenvalue weighted by Gasteiger charge is 2.00. The summed E-state index contributed by atoms with van der Waals surface area (Å²) in [6, 6.07) is 12.1. The first kappa shape index (κ1) is 12.0. The summed E-state index contributed by atoms with van der Waals surface area (Å²) in [5.41, 5.74) is 1.91. The van der Waals surface area contributed by atoms with E-state index in [0.717, 1.165) is 11.1 Å². The van der Waals surface area contributed by atoms with Gasteiger partial charge in [0.1, 0.15) is 5.75 Å². The molecule has 2 N–H and O–H groups in total. The van der Waals surface area contributed by atoms with Crippen molar-refractivity contribution in [3.05, 3.63) is 53.6 Å². The van der Waals surface area contributed by atoms with Crippen molar-refractivity contribution in [1.29, 1.82) is 0 Å². The van der Waals surface area contributed by atoms with Gasteiger partial charge in [0.15, 0.2) is 11.5 Å². The van der Waals surface area contributed by atoms with E-state index in [1.54, 1.807) is 30.3 Å². The molecule has 92 valence electrons. The molecule has 0 amide bonds. The molecule has 0 saturated heterocycles. The van der Waals surface area contributed by atoms with Crippen molar-refractivity contribution in [2.45, 2.75) is 0 Å². The van der Waals surface area contributed by atoms with Crippen LogP contribution in [0.4, 0.5) is 0 Å². The molecule has 0 atom stereocenters. The van der Waals surface area contributed by atoms with Crippen molar-refractivity contribution in [3.63, 3.8) is 0 Å². The third-order valence-electron chi connectivity index (χ3n) is 2.57. The third-order valence-corrected chi connectivity index (χ3v) is 2.57. The van der Waals surface area contributed by atoms with Crippen LogP contribution in [0.2, 0.25) is 0 Å². The van der Waals surface area contributed by atoms with E-state index in [4.69, 9.17) is 4.74 Å². The van der Waals surface area contributed by atoms with Gasteiger partial charge >= 0.3 is 0 Å². The normalized spacial score (nSPS) is 10.7. The largest absolute Gasteiger partial charge is 0.508 e. The maximum atomic E-state index is 9.47. The maximum absolute atomic E-state index is 9.47. The predicted molar refractivity (Wildman–Crippen MR) is 71.7 cm³/mol. The van der Waals surface area contributed by atoms with E-state index in [0.29, 0.717) is 5.75 Å². The first-order chi connectivity index (χ1) is 8.69. The molecule has 0 fully saturated rings. The highest BCUT2D eigenvalue weighted by Crippen LogP contribution is 2.27. The lowest BCUT2D eigenvalue weighted by Gasteiger charge is -2.03. The van der Waals surface area contributed by atoms with Gasteiger partial charge in [0.2, 0.25) is 0 Å². The number of benzene rings is 2. The van der Waals surface area contributed by atoms with Crippen molar-refractivity contribution in [1.82, 2.24) is 0 Å². The minimum absolute atomic E-state index is 0.124. The fourth-order valence-corrected chi connectivity index (χ4v) is 1.58. The van der Waals surface area contributed by atoms with Crippen LogP contribution in [0, 0.1) is 0 Å². The molecule has 0 aliphatic rings. The Kier molecular flexibility index (Phi) is 3.53. The van der Waals surface area contributed by atoms with Gasteiger partial charge in [-0.2, -0.15) is 0 Å². The monoisotopic (exact) mass is 242 g/mol. The third kappa shape index (κ3) is 2.83. The number of methoxy groups -OCH3 is 1. The lowest BCUT2D eigenvalue weighted by molar-refractivity contribution is 0.373. The minimum atomic E-state index is 0.124. The zero-order chi connectivity index (χ0) is 13.0. The molecular weight excluding hydrogens is 228 g/mol. The SMILES string of the molecule is COc1cc(/C=C\c2ccc(O)cc2)ccc1O. The summed E-state index contributed by atoms with van der Waals surface area (Å²) in [7, 11) is 1.52. The molecule has 0 bridgehead atoms. The Morgan fingerprint density at radius 3 is 2.17 bits per heavy atom. The van der Waals surface area contributed by atoms with E-state index in [9.17, 15) is 10.2 Å². The van der Waals surface area contributed by atoms with E-state index in [1.165, 1.54) is 7.11 Å². The number of hydrogen-bond acceptors (Lipinski definition) is 3. The Labute approximate surface area is 106 Å². The van der Waals surface area contributed by atoms with Crippen molar-refractivity contribution in [2.75, 3.05) is 7.11 Å². The summed E-state index contributed by atoms with van der Waals surface area (Å²) in [5.74, 6) is 0.820. The Morgan fingerprint density at radius 1 is 0.889 bits per heavy atom. The van der Waals surface area contributed by atoms with Gasteiger partial charge < -0.3 is 14.9 Å². The van der Waals surface area contributed by atoms with Crippen LogP contribution in [0.3, 0.4) is 0 Å². The molecule has 2 aromatic carbocycles. The number of rotatable bonds is 3. The van der Waals surface area contributed by atoms with Gasteiger partial charge in [-0.25, -0.2) is 0 Å². The van der Waals surface area contributed by atoms with Gasteiger partial charge in [0.25, 0.3) is 0 Å². The summed E-state index contributed by atoms with van der Waals surface area (Å²) in [4.78, 5) is 0. The molecule has 0 radical (unpaired) electrons. The van der Waals surface area contributed by atoms with Gasteiger partial charge in [0.05, 0.1) is 7.11 Å². The Morgan fingerprint density at radius 2 is 1.50 bits per heavy atom. The quantitative estimate of drug-likeness (QED) is 0.812. The Bertz CT molecular complexity index is 556. The molecule has 0 spiro atoms. The van der Waals surface area contributed by atoms with Crippen LogP contribution in [0.1, 0.15) is 11.1 Å². The van der Waals surface area contributed by atoms with Crippen LogP contribution in [0.15, 0.2) is 42.5 Å². The van der Waals surface area contributed by atoms with Crippen LogP contribution < -0.4 is 4.74 Å². The number of phenols is 2. The highest BCUT2D eigenvalue weighted by molar-refractivity contribution is 5.71. The molecule has 0 aliphatic carbocycles. The van der Waals surface area contributed by atoms with Gasteiger partial charge in [-0.05, 0) is 35.4 Å². The zero-order valence-electron chi connectivity index (χ0n) is 10.00. The number of aromatic hydroxyl groups is 2. The molecule has 0 heterocycles. The van der Waals surface area contributed by atoms with Crippen LogP contribution in [-0.2, 0) is 0 Å². The Hall–Kier alpha value is -2.42. The van der Waals surface area contributed by atoms with Gasteiger partial charge in [0, 0.05) is 0 Å². The molecule has 3 nitrogen and oxygen atoms in total. The van der Waals surface area contributed by atoms with Gasteiger partial charge in [-0.1, -0.05) is 30.4 Å². The average Bonchev–Trinajstić information content (AvgIpc) is 2.39. The van der Waals surface area contributed by atoms with Crippen molar-refractivity contribution >= 4 is 12.2 Å². The summed E-state index contributed by atoms with van der Waals surface area (Å²) in [5, 5.41) is 18.6. The molecule has 0 unspecified atom stereocenters. The van der Waals surface area contributed by atoms with E-state index in [1.807, 2.05) is 24.3 Å².